The van der Waals surface area contributed by atoms with Gasteiger partial charge in [0.15, 0.2) is 0 Å². The summed E-state index contributed by atoms with van der Waals surface area (Å²) < 4.78 is 2.15. The summed E-state index contributed by atoms with van der Waals surface area (Å²) in [4.78, 5) is 32.2. The topological polar surface area (TPSA) is 70.5 Å². The van der Waals surface area contributed by atoms with Gasteiger partial charge in [0, 0.05) is 69.8 Å². The first-order valence-corrected chi connectivity index (χ1v) is 8.90. The molecule has 7 nitrogen and oxygen atoms in total. The zero-order valence-corrected chi connectivity index (χ0v) is 15.3. The lowest BCUT2D eigenvalue weighted by Gasteiger charge is -2.34. The molecule has 0 bridgehead atoms. The van der Waals surface area contributed by atoms with Gasteiger partial charge in [-0.1, -0.05) is 0 Å². The molecule has 0 aliphatic carbocycles. The molecule has 1 N–H and O–H groups in total. The van der Waals surface area contributed by atoms with E-state index in [1.807, 2.05) is 24.2 Å². The molecule has 1 aliphatic rings. The summed E-state index contributed by atoms with van der Waals surface area (Å²) in [5.41, 5.74) is 1.36. The van der Waals surface area contributed by atoms with E-state index in [-0.39, 0.29) is 11.8 Å². The maximum absolute atomic E-state index is 12.6. The third kappa shape index (κ3) is 4.49. The summed E-state index contributed by atoms with van der Waals surface area (Å²) in [6, 6.07) is 7.06. The van der Waals surface area contributed by atoms with Gasteiger partial charge in [0.1, 0.15) is 5.82 Å². The minimum atomic E-state index is -0.119. The third-order valence-electron chi connectivity index (χ3n) is 4.69. The number of hydrogen-bond donors (Lipinski definition) is 1. The summed E-state index contributed by atoms with van der Waals surface area (Å²) in [6.07, 6.45) is 3.82. The van der Waals surface area contributed by atoms with Crippen molar-refractivity contribution in [2.24, 2.45) is 0 Å². The van der Waals surface area contributed by atoms with E-state index < -0.39 is 0 Å². The van der Waals surface area contributed by atoms with Crippen LogP contribution < -0.4 is 5.32 Å². The molecule has 0 radical (unpaired) electrons. The quantitative estimate of drug-likeness (QED) is 0.885. The smallest absolute Gasteiger partial charge is 0.253 e. The van der Waals surface area contributed by atoms with Crippen LogP contribution in [0.4, 0.5) is 5.69 Å². The number of carbonyl (C=O) groups excluding carboxylic acids is 2. The number of carbonyl (C=O) groups is 2. The third-order valence-corrected chi connectivity index (χ3v) is 4.69. The second kappa shape index (κ2) is 8.14. The van der Waals surface area contributed by atoms with Gasteiger partial charge in [-0.25, -0.2) is 4.98 Å². The van der Waals surface area contributed by atoms with Gasteiger partial charge in [-0.3, -0.25) is 14.5 Å². The second-order valence-corrected chi connectivity index (χ2v) is 6.56. The van der Waals surface area contributed by atoms with Crippen molar-refractivity contribution in [1.82, 2.24) is 19.4 Å². The number of amides is 2. The minimum Gasteiger partial charge on any atom is -0.336 e. The Hall–Kier alpha value is -2.67. The molecule has 138 valence electrons. The van der Waals surface area contributed by atoms with Crippen molar-refractivity contribution in [2.75, 3.05) is 38.0 Å². The average molecular weight is 355 g/mol. The molecule has 1 aliphatic heterocycles. The Morgan fingerprint density at radius 1 is 1.08 bits per heavy atom. The molecule has 26 heavy (non-hydrogen) atoms. The molecule has 1 saturated heterocycles. The number of imidazole rings is 1. The van der Waals surface area contributed by atoms with Crippen molar-refractivity contribution in [2.45, 2.75) is 20.4 Å². The molecule has 1 aromatic carbocycles. The van der Waals surface area contributed by atoms with Gasteiger partial charge >= 0.3 is 0 Å². The number of hydrogen-bond acceptors (Lipinski definition) is 4. The maximum atomic E-state index is 12.6. The molecule has 2 amide bonds. The maximum Gasteiger partial charge on any atom is 0.253 e. The van der Waals surface area contributed by atoms with Crippen molar-refractivity contribution >= 4 is 17.5 Å². The van der Waals surface area contributed by atoms with Crippen LogP contribution in [0.15, 0.2) is 36.7 Å². The monoisotopic (exact) mass is 355 g/mol. The van der Waals surface area contributed by atoms with Crippen LogP contribution in [0.2, 0.25) is 0 Å². The van der Waals surface area contributed by atoms with Crippen LogP contribution in [0.5, 0.6) is 0 Å². The Bertz CT molecular complexity index is 760. The average Bonchev–Trinajstić information content (AvgIpc) is 3.05. The molecule has 2 heterocycles. The Balaban J connectivity index is 1.48. The number of nitrogens with one attached hydrogen (secondary N) is 1. The van der Waals surface area contributed by atoms with E-state index in [1.54, 1.807) is 24.3 Å². The van der Waals surface area contributed by atoms with Gasteiger partial charge in [-0.2, -0.15) is 0 Å². The number of anilines is 1. The first-order valence-electron chi connectivity index (χ1n) is 8.90. The molecule has 3 rings (SSSR count). The van der Waals surface area contributed by atoms with Gasteiger partial charge in [-0.15, -0.1) is 0 Å². The van der Waals surface area contributed by atoms with E-state index in [4.69, 9.17) is 0 Å². The van der Waals surface area contributed by atoms with Crippen LogP contribution in [0.25, 0.3) is 0 Å². The predicted molar refractivity (Wildman–Crippen MR) is 100 cm³/mol. The lowest BCUT2D eigenvalue weighted by molar-refractivity contribution is -0.114. The number of piperazine rings is 1. The molecule has 1 fully saturated rings. The highest BCUT2D eigenvalue weighted by Crippen LogP contribution is 2.13. The fraction of sp³-hybridized carbons (Fsp3) is 0.421. The SMILES string of the molecule is CC(=O)Nc1ccc(C(=O)N2CCN(CCn3ccnc3C)CC2)cc1. The van der Waals surface area contributed by atoms with Gasteiger partial charge < -0.3 is 14.8 Å². The minimum absolute atomic E-state index is 0.0458. The first-order chi connectivity index (χ1) is 12.5. The van der Waals surface area contributed by atoms with Crippen LogP contribution in [0, 0.1) is 6.92 Å². The largest absolute Gasteiger partial charge is 0.336 e. The normalized spacial score (nSPS) is 15.1. The molecule has 0 atom stereocenters. The standard InChI is InChI=1S/C19H25N5O2/c1-15-20-7-8-23(15)12-9-22-10-13-24(14-11-22)19(26)17-3-5-18(6-4-17)21-16(2)25/h3-8H,9-14H2,1-2H3,(H,21,25). The predicted octanol–water partition coefficient (Wildman–Crippen LogP) is 1.61. The van der Waals surface area contributed by atoms with Crippen LogP contribution in [-0.4, -0.2) is 63.9 Å². The first kappa shape index (κ1) is 18.1. The summed E-state index contributed by atoms with van der Waals surface area (Å²) in [7, 11) is 0. The Morgan fingerprint density at radius 2 is 1.77 bits per heavy atom. The molecule has 7 heteroatoms. The van der Waals surface area contributed by atoms with E-state index >= 15 is 0 Å². The van der Waals surface area contributed by atoms with Gasteiger partial charge in [0.05, 0.1) is 0 Å². The van der Waals surface area contributed by atoms with Crippen molar-refractivity contribution in [3.63, 3.8) is 0 Å². The number of nitrogens with zero attached hydrogens (tertiary/aromatic N) is 4. The van der Waals surface area contributed by atoms with Gasteiger partial charge in [0.25, 0.3) is 5.91 Å². The Labute approximate surface area is 153 Å². The fourth-order valence-corrected chi connectivity index (χ4v) is 3.15. The highest BCUT2D eigenvalue weighted by atomic mass is 16.2. The second-order valence-electron chi connectivity index (χ2n) is 6.56. The lowest BCUT2D eigenvalue weighted by atomic mass is 10.1. The summed E-state index contributed by atoms with van der Waals surface area (Å²) in [5.74, 6) is 0.956. The summed E-state index contributed by atoms with van der Waals surface area (Å²) in [5, 5.41) is 2.71. The zero-order chi connectivity index (χ0) is 18.5. The molecular formula is C19H25N5O2. The van der Waals surface area contributed by atoms with E-state index in [0.29, 0.717) is 11.3 Å². The summed E-state index contributed by atoms with van der Waals surface area (Å²) >= 11 is 0. The highest BCUT2D eigenvalue weighted by molar-refractivity contribution is 5.95. The van der Waals surface area contributed by atoms with Crippen LogP contribution in [-0.2, 0) is 11.3 Å². The van der Waals surface area contributed by atoms with E-state index in [0.717, 1.165) is 45.1 Å². The van der Waals surface area contributed by atoms with E-state index in [1.165, 1.54) is 6.92 Å². The molecule has 1 aromatic heterocycles. The van der Waals surface area contributed by atoms with E-state index in [9.17, 15) is 9.59 Å². The van der Waals surface area contributed by atoms with Gasteiger partial charge in [-0.05, 0) is 31.2 Å². The molecule has 0 saturated carbocycles. The fourth-order valence-electron chi connectivity index (χ4n) is 3.15. The Kier molecular flexibility index (Phi) is 5.68. The zero-order valence-electron chi connectivity index (χ0n) is 15.3. The highest BCUT2D eigenvalue weighted by Gasteiger charge is 2.22. The van der Waals surface area contributed by atoms with Crippen molar-refractivity contribution in [3.8, 4) is 0 Å². The molecule has 0 spiro atoms. The van der Waals surface area contributed by atoms with Crippen molar-refractivity contribution in [3.05, 3.63) is 48.0 Å². The lowest BCUT2D eigenvalue weighted by Crippen LogP contribution is -2.49. The molecule has 2 aromatic rings. The van der Waals surface area contributed by atoms with Crippen molar-refractivity contribution in [1.29, 1.82) is 0 Å². The van der Waals surface area contributed by atoms with E-state index in [2.05, 4.69) is 19.8 Å². The van der Waals surface area contributed by atoms with Crippen LogP contribution in [0.1, 0.15) is 23.1 Å². The number of aryl methyl sites for hydroxylation is 1. The molecular weight excluding hydrogens is 330 g/mol. The van der Waals surface area contributed by atoms with Crippen LogP contribution in [0.3, 0.4) is 0 Å². The molecule has 0 unspecified atom stereocenters. The Morgan fingerprint density at radius 3 is 2.35 bits per heavy atom. The van der Waals surface area contributed by atoms with Gasteiger partial charge in [0.2, 0.25) is 5.91 Å². The summed E-state index contributed by atoms with van der Waals surface area (Å²) in [6.45, 7) is 8.58. The number of rotatable bonds is 5. The van der Waals surface area contributed by atoms with Crippen molar-refractivity contribution < 1.29 is 9.59 Å². The van der Waals surface area contributed by atoms with Crippen LogP contribution >= 0.6 is 0 Å². The number of aromatic nitrogens is 2. The number of benzene rings is 1.